The number of ether oxygens (including phenoxy) is 1. The molecule has 2 aromatic heterocycles. The van der Waals surface area contributed by atoms with E-state index < -0.39 is 0 Å². The minimum Gasteiger partial charge on any atom is -0.508 e. The quantitative estimate of drug-likeness (QED) is 0.431. The van der Waals surface area contributed by atoms with Gasteiger partial charge in [0.2, 0.25) is 0 Å². The number of aromatic hydroxyl groups is 1. The summed E-state index contributed by atoms with van der Waals surface area (Å²) in [5, 5.41) is 9.60. The molecule has 4 heterocycles. The van der Waals surface area contributed by atoms with Crippen LogP contribution in [0.2, 0.25) is 0 Å². The number of phenolic OH excluding ortho intramolecular Hbond substituents is 1. The fourth-order valence-corrected chi connectivity index (χ4v) is 5.52. The predicted molar refractivity (Wildman–Crippen MR) is 146 cm³/mol. The molecule has 1 N–H and O–H groups in total. The zero-order valence-electron chi connectivity index (χ0n) is 21.7. The molecule has 2 aliphatic heterocycles. The SMILES string of the molecule is CN1Cc2cc(O)ccc2C(c2cccnc2)C1.COc1ccc2c(c1)CN(C)CC2c1cccnc1. The molecule has 6 heteroatoms. The van der Waals surface area contributed by atoms with E-state index in [1.165, 1.54) is 33.4 Å². The lowest BCUT2D eigenvalue weighted by Gasteiger charge is -2.32. The van der Waals surface area contributed by atoms with E-state index in [-0.39, 0.29) is 0 Å². The molecule has 6 rings (SSSR count). The third-order valence-corrected chi connectivity index (χ3v) is 7.27. The average Bonchev–Trinajstić information content (AvgIpc) is 2.93. The number of hydrogen-bond donors (Lipinski definition) is 1. The molecule has 0 spiro atoms. The first-order chi connectivity index (χ1) is 18.0. The van der Waals surface area contributed by atoms with E-state index in [2.05, 4.69) is 58.1 Å². The molecule has 37 heavy (non-hydrogen) atoms. The maximum absolute atomic E-state index is 9.60. The van der Waals surface area contributed by atoms with Crippen LogP contribution in [-0.2, 0) is 13.1 Å². The van der Waals surface area contributed by atoms with Crippen LogP contribution < -0.4 is 4.74 Å². The number of rotatable bonds is 3. The molecule has 0 radical (unpaired) electrons. The van der Waals surface area contributed by atoms with Crippen molar-refractivity contribution in [3.8, 4) is 11.5 Å². The number of methoxy groups -OCH3 is 1. The molecule has 2 aromatic carbocycles. The van der Waals surface area contributed by atoms with Crippen LogP contribution in [0.15, 0.2) is 85.5 Å². The van der Waals surface area contributed by atoms with Gasteiger partial charge in [0, 0.05) is 62.8 Å². The van der Waals surface area contributed by atoms with Gasteiger partial charge in [0.1, 0.15) is 11.5 Å². The van der Waals surface area contributed by atoms with Crippen LogP contribution in [0.4, 0.5) is 0 Å². The van der Waals surface area contributed by atoms with E-state index in [0.717, 1.165) is 31.9 Å². The Morgan fingerprint density at radius 3 is 1.81 bits per heavy atom. The zero-order chi connectivity index (χ0) is 25.8. The maximum atomic E-state index is 9.60. The van der Waals surface area contributed by atoms with Gasteiger partial charge >= 0.3 is 0 Å². The van der Waals surface area contributed by atoms with Gasteiger partial charge in [0.25, 0.3) is 0 Å². The Kier molecular flexibility index (Phi) is 7.49. The second-order valence-electron chi connectivity index (χ2n) is 10.0. The lowest BCUT2D eigenvalue weighted by molar-refractivity contribution is 0.294. The van der Waals surface area contributed by atoms with Crippen LogP contribution in [0.3, 0.4) is 0 Å². The van der Waals surface area contributed by atoms with E-state index in [4.69, 9.17) is 4.74 Å². The number of aromatic nitrogens is 2. The third-order valence-electron chi connectivity index (χ3n) is 7.27. The third kappa shape index (κ3) is 5.66. The largest absolute Gasteiger partial charge is 0.508 e. The van der Waals surface area contributed by atoms with E-state index in [1.807, 2.05) is 48.9 Å². The molecule has 2 unspecified atom stereocenters. The fourth-order valence-electron chi connectivity index (χ4n) is 5.52. The summed E-state index contributed by atoms with van der Waals surface area (Å²) < 4.78 is 5.33. The number of pyridine rings is 2. The first kappa shape index (κ1) is 24.9. The van der Waals surface area contributed by atoms with Gasteiger partial charge in [0.15, 0.2) is 0 Å². The predicted octanol–water partition coefficient (Wildman–Crippen LogP) is 5.03. The summed E-state index contributed by atoms with van der Waals surface area (Å²) >= 11 is 0. The summed E-state index contributed by atoms with van der Waals surface area (Å²) in [5.41, 5.74) is 7.77. The van der Waals surface area contributed by atoms with Gasteiger partial charge in [-0.05, 0) is 83.9 Å². The lowest BCUT2D eigenvalue weighted by Crippen LogP contribution is -2.31. The second kappa shape index (κ2) is 11.1. The molecular formula is C31H34N4O2. The number of likely N-dealkylation sites (N-methyl/N-ethyl adjacent to an activating group) is 2. The molecule has 0 saturated carbocycles. The Balaban J connectivity index is 0.000000152. The normalized spacial score (nSPS) is 19.2. The first-order valence-corrected chi connectivity index (χ1v) is 12.7. The Morgan fingerprint density at radius 1 is 0.757 bits per heavy atom. The summed E-state index contributed by atoms with van der Waals surface area (Å²) in [4.78, 5) is 13.1. The molecule has 4 aromatic rings. The van der Waals surface area contributed by atoms with Crippen molar-refractivity contribution in [2.45, 2.75) is 24.9 Å². The van der Waals surface area contributed by atoms with Gasteiger partial charge in [-0.25, -0.2) is 0 Å². The minimum absolute atomic E-state index is 0.341. The maximum Gasteiger partial charge on any atom is 0.119 e. The van der Waals surface area contributed by atoms with Gasteiger partial charge in [-0.3, -0.25) is 9.97 Å². The highest BCUT2D eigenvalue weighted by Gasteiger charge is 2.26. The molecule has 190 valence electrons. The Bertz CT molecular complexity index is 1330. The highest BCUT2D eigenvalue weighted by molar-refractivity contribution is 5.44. The van der Waals surface area contributed by atoms with Gasteiger partial charge in [0.05, 0.1) is 7.11 Å². The van der Waals surface area contributed by atoms with Gasteiger partial charge in [-0.15, -0.1) is 0 Å². The minimum atomic E-state index is 0.341. The molecule has 0 amide bonds. The van der Waals surface area contributed by atoms with Crippen molar-refractivity contribution in [1.29, 1.82) is 0 Å². The fraction of sp³-hybridized carbons (Fsp3) is 0.290. The van der Waals surface area contributed by atoms with Crippen LogP contribution in [0.5, 0.6) is 11.5 Å². The Hall–Kier alpha value is -3.74. The van der Waals surface area contributed by atoms with Crippen molar-refractivity contribution in [3.05, 3.63) is 119 Å². The van der Waals surface area contributed by atoms with Gasteiger partial charge < -0.3 is 19.6 Å². The highest BCUT2D eigenvalue weighted by atomic mass is 16.5. The summed E-state index contributed by atoms with van der Waals surface area (Å²) in [6, 6.07) is 20.3. The molecule has 2 aliphatic rings. The standard InChI is InChI=1S/C16H18N2O.C15H16N2O/c1-18-10-13-8-14(19-2)5-6-15(13)16(11-18)12-4-3-7-17-9-12;1-17-9-12-7-13(18)4-5-14(12)15(10-17)11-3-2-6-16-8-11/h3-9,16H,10-11H2,1-2H3;2-8,15,18H,9-10H2,1H3. The lowest BCUT2D eigenvalue weighted by atomic mass is 9.85. The average molecular weight is 495 g/mol. The number of benzene rings is 2. The molecular weight excluding hydrogens is 460 g/mol. The van der Waals surface area contributed by atoms with Crippen LogP contribution >= 0.6 is 0 Å². The first-order valence-electron chi connectivity index (χ1n) is 12.7. The van der Waals surface area contributed by atoms with Crippen LogP contribution in [0.25, 0.3) is 0 Å². The number of fused-ring (bicyclic) bond motifs is 2. The zero-order valence-corrected chi connectivity index (χ0v) is 21.7. The van der Waals surface area contributed by atoms with Crippen LogP contribution in [0, 0.1) is 0 Å². The molecule has 0 aliphatic carbocycles. The number of hydrogen-bond acceptors (Lipinski definition) is 6. The van der Waals surface area contributed by atoms with Crippen molar-refractivity contribution >= 4 is 0 Å². The molecule has 2 atom stereocenters. The molecule has 6 nitrogen and oxygen atoms in total. The van der Waals surface area contributed by atoms with Crippen LogP contribution in [0.1, 0.15) is 45.2 Å². The number of phenols is 1. The molecule has 0 fully saturated rings. The van der Waals surface area contributed by atoms with Crippen molar-refractivity contribution < 1.29 is 9.84 Å². The summed E-state index contributed by atoms with van der Waals surface area (Å²) in [5.74, 6) is 2.01. The summed E-state index contributed by atoms with van der Waals surface area (Å²) in [7, 11) is 5.98. The summed E-state index contributed by atoms with van der Waals surface area (Å²) in [6.45, 7) is 3.89. The Labute approximate surface area is 219 Å². The van der Waals surface area contributed by atoms with E-state index in [1.54, 1.807) is 19.4 Å². The van der Waals surface area contributed by atoms with Gasteiger partial charge in [-0.2, -0.15) is 0 Å². The molecule has 0 saturated heterocycles. The van der Waals surface area contributed by atoms with E-state index >= 15 is 0 Å². The van der Waals surface area contributed by atoms with Gasteiger partial charge in [-0.1, -0.05) is 24.3 Å². The summed E-state index contributed by atoms with van der Waals surface area (Å²) in [6.07, 6.45) is 7.52. The monoisotopic (exact) mass is 494 g/mol. The topological polar surface area (TPSA) is 61.7 Å². The smallest absolute Gasteiger partial charge is 0.119 e. The van der Waals surface area contributed by atoms with E-state index in [0.29, 0.717) is 17.6 Å². The number of nitrogens with zero attached hydrogens (tertiary/aromatic N) is 4. The van der Waals surface area contributed by atoms with E-state index in [9.17, 15) is 5.11 Å². The Morgan fingerprint density at radius 2 is 1.30 bits per heavy atom. The molecule has 0 bridgehead atoms. The van der Waals surface area contributed by atoms with Crippen LogP contribution in [-0.4, -0.2) is 59.2 Å². The van der Waals surface area contributed by atoms with Crippen molar-refractivity contribution in [3.63, 3.8) is 0 Å². The van der Waals surface area contributed by atoms with Crippen molar-refractivity contribution in [2.75, 3.05) is 34.3 Å². The van der Waals surface area contributed by atoms with Crippen molar-refractivity contribution in [2.24, 2.45) is 0 Å². The highest BCUT2D eigenvalue weighted by Crippen LogP contribution is 2.35. The second-order valence-corrected chi connectivity index (χ2v) is 10.0. The van der Waals surface area contributed by atoms with Crippen molar-refractivity contribution in [1.82, 2.24) is 19.8 Å².